The zero-order valence-electron chi connectivity index (χ0n) is 15.7. The zero-order chi connectivity index (χ0) is 20.1. The number of hydrogen-bond acceptors (Lipinski definition) is 5. The summed E-state index contributed by atoms with van der Waals surface area (Å²) in [6.07, 6.45) is 1.61. The van der Waals surface area contributed by atoms with E-state index in [1.54, 1.807) is 36.5 Å². The molecule has 9 nitrogen and oxygen atoms in total. The molecule has 28 heavy (non-hydrogen) atoms. The Kier molecular flexibility index (Phi) is 5.85. The van der Waals surface area contributed by atoms with Crippen LogP contribution in [-0.4, -0.2) is 58.7 Å². The van der Waals surface area contributed by atoms with Gasteiger partial charge in [-0.3, -0.25) is 19.1 Å². The van der Waals surface area contributed by atoms with Crippen molar-refractivity contribution in [3.05, 3.63) is 58.5 Å². The average Bonchev–Trinajstić information content (AvgIpc) is 3.07. The number of rotatable bonds is 7. The Morgan fingerprint density at radius 3 is 2.79 bits per heavy atom. The van der Waals surface area contributed by atoms with Gasteiger partial charge in [-0.25, -0.2) is 0 Å². The third-order valence-electron chi connectivity index (χ3n) is 4.06. The molecule has 0 aliphatic carbocycles. The lowest BCUT2D eigenvalue weighted by atomic mass is 10.1. The van der Waals surface area contributed by atoms with Crippen molar-refractivity contribution in [3.63, 3.8) is 0 Å². The van der Waals surface area contributed by atoms with Crippen LogP contribution in [0.3, 0.4) is 0 Å². The summed E-state index contributed by atoms with van der Waals surface area (Å²) in [4.78, 5) is 41.0. The van der Waals surface area contributed by atoms with E-state index in [1.807, 2.05) is 19.0 Å². The number of anilines is 1. The molecular formula is C19H22N6O3. The number of carbonyl (C=O) groups excluding carboxylic acids is 2. The topological polar surface area (TPSA) is 112 Å². The second-order valence-corrected chi connectivity index (χ2v) is 6.60. The molecule has 0 bridgehead atoms. The van der Waals surface area contributed by atoms with Gasteiger partial charge in [0.25, 0.3) is 5.91 Å². The van der Waals surface area contributed by atoms with Crippen molar-refractivity contribution >= 4 is 28.5 Å². The predicted molar refractivity (Wildman–Crippen MR) is 106 cm³/mol. The summed E-state index contributed by atoms with van der Waals surface area (Å²) >= 11 is 0. The van der Waals surface area contributed by atoms with Crippen molar-refractivity contribution in [1.82, 2.24) is 25.0 Å². The van der Waals surface area contributed by atoms with E-state index < -0.39 is 5.91 Å². The molecule has 3 N–H and O–H groups in total. The molecule has 2 aromatic heterocycles. The molecule has 0 atom stereocenters. The summed E-state index contributed by atoms with van der Waals surface area (Å²) in [6.45, 7) is 1.35. The summed E-state index contributed by atoms with van der Waals surface area (Å²) in [5, 5.41) is 10.3. The highest BCUT2D eigenvalue weighted by atomic mass is 16.2. The number of para-hydroxylation sites is 1. The van der Waals surface area contributed by atoms with Gasteiger partial charge in [0.1, 0.15) is 6.54 Å². The summed E-state index contributed by atoms with van der Waals surface area (Å²) in [7, 11) is 3.86. The predicted octanol–water partition coefficient (Wildman–Crippen LogP) is 0.655. The van der Waals surface area contributed by atoms with Gasteiger partial charge in [-0.05, 0) is 20.2 Å². The lowest BCUT2D eigenvalue weighted by Crippen LogP contribution is -2.33. The molecule has 9 heteroatoms. The first kappa shape index (κ1) is 19.3. The first-order chi connectivity index (χ1) is 13.4. The molecular weight excluding hydrogens is 360 g/mol. The van der Waals surface area contributed by atoms with Crippen molar-refractivity contribution in [2.24, 2.45) is 0 Å². The second-order valence-electron chi connectivity index (χ2n) is 6.60. The van der Waals surface area contributed by atoms with E-state index in [2.05, 4.69) is 20.7 Å². The maximum atomic E-state index is 12.6. The van der Waals surface area contributed by atoms with Gasteiger partial charge < -0.3 is 20.5 Å². The third kappa shape index (κ3) is 4.83. The third-order valence-corrected chi connectivity index (χ3v) is 4.06. The average molecular weight is 382 g/mol. The molecule has 0 aliphatic rings. The molecule has 2 amide bonds. The molecule has 3 rings (SSSR count). The van der Waals surface area contributed by atoms with Crippen molar-refractivity contribution < 1.29 is 9.59 Å². The fourth-order valence-corrected chi connectivity index (χ4v) is 2.71. The SMILES string of the molecule is CN(C)CCNC(=O)Cn1ccc(NC(=O)c2cc(=O)[nH]c3ccccc23)n1. The normalized spacial score (nSPS) is 11.0. The van der Waals surface area contributed by atoms with Crippen LogP contribution in [0.5, 0.6) is 0 Å². The number of nitrogens with one attached hydrogen (secondary N) is 3. The largest absolute Gasteiger partial charge is 0.353 e. The molecule has 1 aromatic carbocycles. The molecule has 0 radical (unpaired) electrons. The number of amides is 2. The summed E-state index contributed by atoms with van der Waals surface area (Å²) < 4.78 is 1.44. The van der Waals surface area contributed by atoms with Crippen LogP contribution in [0.4, 0.5) is 5.82 Å². The van der Waals surface area contributed by atoms with E-state index in [0.717, 1.165) is 6.54 Å². The molecule has 0 saturated heterocycles. The fraction of sp³-hybridized carbons (Fsp3) is 0.263. The number of likely N-dealkylation sites (N-methyl/N-ethyl adjacent to an activating group) is 1. The summed E-state index contributed by atoms with van der Waals surface area (Å²) in [5.41, 5.74) is 0.485. The van der Waals surface area contributed by atoms with E-state index in [9.17, 15) is 14.4 Å². The van der Waals surface area contributed by atoms with Crippen LogP contribution in [0.25, 0.3) is 10.9 Å². The number of carbonyl (C=O) groups is 2. The van der Waals surface area contributed by atoms with Gasteiger partial charge in [0, 0.05) is 42.3 Å². The van der Waals surface area contributed by atoms with Crippen LogP contribution in [0.2, 0.25) is 0 Å². The number of H-pyrrole nitrogens is 1. The standard InChI is InChI=1S/C19H22N6O3/c1-24(2)10-8-20-18(27)12-25-9-7-16(23-25)22-19(28)14-11-17(26)21-15-6-4-3-5-13(14)15/h3-7,9,11H,8,10,12H2,1-2H3,(H,20,27)(H,21,26)(H,22,23,28). The van der Waals surface area contributed by atoms with Crippen LogP contribution in [0, 0.1) is 0 Å². The molecule has 2 heterocycles. The zero-order valence-corrected chi connectivity index (χ0v) is 15.7. The molecule has 146 valence electrons. The van der Waals surface area contributed by atoms with Crippen molar-refractivity contribution in [2.45, 2.75) is 6.54 Å². The first-order valence-electron chi connectivity index (χ1n) is 8.80. The van der Waals surface area contributed by atoms with Crippen molar-refractivity contribution in [1.29, 1.82) is 0 Å². The van der Waals surface area contributed by atoms with Crippen LogP contribution in [-0.2, 0) is 11.3 Å². The Bertz CT molecular complexity index is 1050. The van der Waals surface area contributed by atoms with Crippen molar-refractivity contribution in [2.75, 3.05) is 32.5 Å². The van der Waals surface area contributed by atoms with E-state index in [4.69, 9.17) is 0 Å². The van der Waals surface area contributed by atoms with Crippen LogP contribution < -0.4 is 16.2 Å². The van der Waals surface area contributed by atoms with Gasteiger partial charge in [0.2, 0.25) is 11.5 Å². The van der Waals surface area contributed by atoms with E-state index >= 15 is 0 Å². The Balaban J connectivity index is 1.66. The maximum Gasteiger partial charge on any atom is 0.257 e. The lowest BCUT2D eigenvalue weighted by Gasteiger charge is -2.10. The Morgan fingerprint density at radius 1 is 1.21 bits per heavy atom. The van der Waals surface area contributed by atoms with Crippen LogP contribution >= 0.6 is 0 Å². The number of pyridine rings is 1. The molecule has 0 spiro atoms. The number of aromatic amines is 1. The quantitative estimate of drug-likeness (QED) is 0.556. The fourth-order valence-electron chi connectivity index (χ4n) is 2.71. The first-order valence-corrected chi connectivity index (χ1v) is 8.80. The maximum absolute atomic E-state index is 12.6. The molecule has 0 aliphatic heterocycles. The molecule has 0 fully saturated rings. The van der Waals surface area contributed by atoms with Gasteiger partial charge in [-0.2, -0.15) is 5.10 Å². The summed E-state index contributed by atoms with van der Waals surface area (Å²) in [5.74, 6) is -0.304. The van der Waals surface area contributed by atoms with E-state index in [-0.39, 0.29) is 23.6 Å². The molecule has 3 aromatic rings. The minimum absolute atomic E-state index is 0.0528. The van der Waals surface area contributed by atoms with E-state index in [0.29, 0.717) is 23.3 Å². The number of nitrogens with zero attached hydrogens (tertiary/aromatic N) is 3. The number of fused-ring (bicyclic) bond motifs is 1. The Hall–Kier alpha value is -3.46. The smallest absolute Gasteiger partial charge is 0.257 e. The second kappa shape index (κ2) is 8.49. The highest BCUT2D eigenvalue weighted by Crippen LogP contribution is 2.16. The minimum Gasteiger partial charge on any atom is -0.353 e. The number of benzene rings is 1. The van der Waals surface area contributed by atoms with Gasteiger partial charge in [-0.1, -0.05) is 18.2 Å². The van der Waals surface area contributed by atoms with E-state index in [1.165, 1.54) is 10.7 Å². The van der Waals surface area contributed by atoms with Gasteiger partial charge in [0.15, 0.2) is 5.82 Å². The van der Waals surface area contributed by atoms with Gasteiger partial charge in [-0.15, -0.1) is 0 Å². The Morgan fingerprint density at radius 2 is 2.00 bits per heavy atom. The number of hydrogen-bond donors (Lipinski definition) is 3. The van der Waals surface area contributed by atoms with Gasteiger partial charge in [0.05, 0.1) is 5.56 Å². The Labute approximate surface area is 161 Å². The lowest BCUT2D eigenvalue weighted by molar-refractivity contribution is -0.121. The molecule has 0 saturated carbocycles. The summed E-state index contributed by atoms with van der Waals surface area (Å²) in [6, 6.07) is 9.92. The van der Waals surface area contributed by atoms with Crippen LogP contribution in [0.1, 0.15) is 10.4 Å². The number of aromatic nitrogens is 3. The van der Waals surface area contributed by atoms with Crippen molar-refractivity contribution in [3.8, 4) is 0 Å². The molecule has 0 unspecified atom stereocenters. The van der Waals surface area contributed by atoms with Crippen LogP contribution in [0.15, 0.2) is 47.4 Å². The van der Waals surface area contributed by atoms with Gasteiger partial charge >= 0.3 is 0 Å². The highest BCUT2D eigenvalue weighted by Gasteiger charge is 2.13. The minimum atomic E-state index is -0.442. The highest BCUT2D eigenvalue weighted by molar-refractivity contribution is 6.11. The monoisotopic (exact) mass is 382 g/mol.